The van der Waals surface area contributed by atoms with Crippen molar-refractivity contribution in [2.75, 3.05) is 0 Å². The van der Waals surface area contributed by atoms with E-state index in [-0.39, 0.29) is 6.04 Å². The van der Waals surface area contributed by atoms with Gasteiger partial charge in [-0.05, 0) is 86.5 Å². The first kappa shape index (κ1) is 22.0. The molecule has 1 aliphatic heterocycles. The summed E-state index contributed by atoms with van der Waals surface area (Å²) in [6.45, 7) is 2.26. The smallest absolute Gasteiger partial charge is 0.256 e. The lowest BCUT2D eigenvalue weighted by atomic mass is 9.53. The summed E-state index contributed by atoms with van der Waals surface area (Å²) in [7, 11) is -1.05. The second kappa shape index (κ2) is 9.65. The van der Waals surface area contributed by atoms with E-state index in [4.69, 9.17) is 9.05 Å². The zero-order chi connectivity index (χ0) is 21.5. The molecule has 6 rings (SSSR count). The van der Waals surface area contributed by atoms with Crippen LogP contribution in [0.15, 0.2) is 30.3 Å². The summed E-state index contributed by atoms with van der Waals surface area (Å²) >= 11 is 0. The van der Waals surface area contributed by atoms with Crippen molar-refractivity contribution in [3.8, 4) is 0 Å². The maximum atomic E-state index is 6.96. The van der Waals surface area contributed by atoms with Crippen LogP contribution in [0.2, 0.25) is 0 Å². The van der Waals surface area contributed by atoms with Crippen LogP contribution in [0.4, 0.5) is 0 Å². The van der Waals surface area contributed by atoms with E-state index in [9.17, 15) is 0 Å². The summed E-state index contributed by atoms with van der Waals surface area (Å²) in [5, 5.41) is 3.81. The van der Waals surface area contributed by atoms with Crippen LogP contribution in [-0.4, -0.2) is 12.2 Å². The van der Waals surface area contributed by atoms with E-state index in [1.54, 1.807) is 0 Å². The number of nitrogens with one attached hydrogen (secondary N) is 1. The molecule has 4 aliphatic carbocycles. The second-order valence-corrected chi connectivity index (χ2v) is 12.7. The molecule has 0 spiro atoms. The second-order valence-electron chi connectivity index (χ2n) is 11.5. The monoisotopic (exact) mass is 455 g/mol. The molecule has 3 nitrogen and oxygen atoms in total. The van der Waals surface area contributed by atoms with Gasteiger partial charge in [0.1, 0.15) is 0 Å². The molecule has 0 bridgehead atoms. The summed E-state index contributed by atoms with van der Waals surface area (Å²) in [5.41, 5.74) is 1.33. The molecular weight excluding hydrogens is 413 g/mol. The van der Waals surface area contributed by atoms with Gasteiger partial charge in [-0.15, -0.1) is 0 Å². The molecule has 0 aromatic heterocycles. The Bertz CT molecular complexity index is 719. The Balaban J connectivity index is 1.29. The van der Waals surface area contributed by atoms with Crippen LogP contribution in [0, 0.1) is 35.5 Å². The lowest BCUT2D eigenvalue weighted by molar-refractivity contribution is -0.0856. The van der Waals surface area contributed by atoms with E-state index in [0.717, 1.165) is 35.5 Å². The molecule has 1 aromatic rings. The van der Waals surface area contributed by atoms with Gasteiger partial charge in [-0.25, -0.2) is 5.09 Å². The Kier molecular flexibility index (Phi) is 6.64. The van der Waals surface area contributed by atoms with Gasteiger partial charge in [0.2, 0.25) is 0 Å². The van der Waals surface area contributed by atoms with Gasteiger partial charge in [-0.2, -0.15) is 0 Å². The summed E-state index contributed by atoms with van der Waals surface area (Å²) in [6.07, 6.45) is 17.7. The fraction of sp³-hybridized carbons (Fsp3) is 0.786. The molecular formula is C28H42NO2P. The van der Waals surface area contributed by atoms with Gasteiger partial charge in [0.05, 0.1) is 12.2 Å². The Morgan fingerprint density at radius 2 is 1.25 bits per heavy atom. The van der Waals surface area contributed by atoms with Crippen molar-refractivity contribution in [3.05, 3.63) is 35.9 Å². The zero-order valence-corrected chi connectivity index (χ0v) is 20.7. The molecule has 4 saturated carbocycles. The Labute approximate surface area is 196 Å². The van der Waals surface area contributed by atoms with Crippen LogP contribution >= 0.6 is 8.53 Å². The van der Waals surface area contributed by atoms with Crippen LogP contribution in [0.1, 0.15) is 95.6 Å². The summed E-state index contributed by atoms with van der Waals surface area (Å²) in [4.78, 5) is 0. The summed E-state index contributed by atoms with van der Waals surface area (Å²) in [6, 6.07) is 11.1. The van der Waals surface area contributed by atoms with E-state index < -0.39 is 8.53 Å². The van der Waals surface area contributed by atoms with Crippen molar-refractivity contribution in [2.45, 2.75) is 102 Å². The van der Waals surface area contributed by atoms with Gasteiger partial charge in [0.25, 0.3) is 8.53 Å². The molecule has 32 heavy (non-hydrogen) atoms. The molecule has 0 amide bonds. The van der Waals surface area contributed by atoms with Crippen LogP contribution in [0.3, 0.4) is 0 Å². The van der Waals surface area contributed by atoms with Gasteiger partial charge >= 0.3 is 0 Å². The molecule has 9 atom stereocenters. The van der Waals surface area contributed by atoms with Crippen molar-refractivity contribution in [1.29, 1.82) is 0 Å². The minimum atomic E-state index is -1.05. The molecule has 1 N–H and O–H groups in total. The van der Waals surface area contributed by atoms with Crippen LogP contribution < -0.4 is 5.09 Å². The minimum Gasteiger partial charge on any atom is -0.318 e. The van der Waals surface area contributed by atoms with Crippen molar-refractivity contribution in [2.24, 2.45) is 35.5 Å². The average molecular weight is 456 g/mol. The van der Waals surface area contributed by atoms with E-state index in [2.05, 4.69) is 42.3 Å². The molecule has 0 radical (unpaired) electrons. The third-order valence-corrected chi connectivity index (χ3v) is 11.5. The predicted octanol–water partition coefficient (Wildman–Crippen LogP) is 7.78. The van der Waals surface area contributed by atoms with E-state index in [1.165, 1.54) is 82.6 Å². The Hall–Kier alpha value is -0.470. The molecule has 1 aromatic carbocycles. The van der Waals surface area contributed by atoms with E-state index >= 15 is 0 Å². The normalized spacial score (nSPS) is 44.8. The zero-order valence-electron chi connectivity index (χ0n) is 19.8. The fourth-order valence-electron chi connectivity index (χ4n) is 8.51. The topological polar surface area (TPSA) is 30.5 Å². The van der Waals surface area contributed by atoms with Gasteiger partial charge in [-0.1, -0.05) is 68.9 Å². The molecule has 1 heterocycles. The quantitative estimate of drug-likeness (QED) is 0.472. The first-order valence-corrected chi connectivity index (χ1v) is 14.9. The van der Waals surface area contributed by atoms with Gasteiger partial charge in [0.15, 0.2) is 0 Å². The van der Waals surface area contributed by atoms with Crippen LogP contribution in [0.5, 0.6) is 0 Å². The molecule has 176 valence electrons. The third kappa shape index (κ3) is 4.21. The van der Waals surface area contributed by atoms with Crippen molar-refractivity contribution in [1.82, 2.24) is 5.09 Å². The van der Waals surface area contributed by atoms with E-state index in [1.807, 2.05) is 0 Å². The maximum absolute atomic E-state index is 6.96. The number of fused-ring (bicyclic) bond motifs is 7. The molecule has 8 unspecified atom stereocenters. The fourth-order valence-corrected chi connectivity index (χ4v) is 10.1. The van der Waals surface area contributed by atoms with Crippen molar-refractivity contribution in [3.63, 3.8) is 0 Å². The standard InChI is InChI=1S/C28H42NO2P/c1-19(20-9-3-2-4-10-20)29-32-30-25-17-15-21-11-5-7-13-23(21)27(25)28-24-14-8-6-12-22(24)16-18-26(28)31-32/h2-4,9-10,19,21-29H,5-8,11-18H2,1H3/t19-,21?,22?,23?,24?,25?,26?,27?,28?,32?/m0/s1. The minimum absolute atomic E-state index is 0.259. The average Bonchev–Trinajstić information content (AvgIpc) is 3.01. The third-order valence-electron chi connectivity index (χ3n) is 9.93. The first-order chi connectivity index (χ1) is 15.8. The molecule has 5 aliphatic rings. The van der Waals surface area contributed by atoms with Crippen LogP contribution in [-0.2, 0) is 9.05 Å². The molecule has 4 heteroatoms. The highest BCUT2D eigenvalue weighted by atomic mass is 31.2. The predicted molar refractivity (Wildman–Crippen MR) is 131 cm³/mol. The summed E-state index contributed by atoms with van der Waals surface area (Å²) in [5.74, 6) is 5.18. The van der Waals surface area contributed by atoms with Gasteiger partial charge in [0, 0.05) is 6.04 Å². The lowest BCUT2D eigenvalue weighted by Crippen LogP contribution is -2.51. The van der Waals surface area contributed by atoms with Gasteiger partial charge in [-0.3, -0.25) is 0 Å². The highest BCUT2D eigenvalue weighted by Crippen LogP contribution is 2.61. The summed E-state index contributed by atoms with van der Waals surface area (Å²) < 4.78 is 13.9. The highest BCUT2D eigenvalue weighted by molar-refractivity contribution is 7.45. The SMILES string of the molecule is C[C@H](NP1OC2CCC3CCCCC3C2C2C(CCC3CCCCC32)O1)c1ccccc1. The van der Waals surface area contributed by atoms with Crippen molar-refractivity contribution < 1.29 is 9.05 Å². The number of hydrogen-bond donors (Lipinski definition) is 1. The molecule has 1 saturated heterocycles. The highest BCUT2D eigenvalue weighted by Gasteiger charge is 2.55. The Morgan fingerprint density at radius 1 is 0.719 bits per heavy atom. The number of benzene rings is 1. The number of rotatable bonds is 3. The Morgan fingerprint density at radius 3 is 1.81 bits per heavy atom. The maximum Gasteiger partial charge on any atom is 0.256 e. The largest absolute Gasteiger partial charge is 0.318 e. The first-order valence-electron chi connectivity index (χ1n) is 13.7. The van der Waals surface area contributed by atoms with E-state index in [0.29, 0.717) is 12.2 Å². The lowest BCUT2D eigenvalue weighted by Gasteiger charge is -2.53. The van der Waals surface area contributed by atoms with Crippen LogP contribution in [0.25, 0.3) is 0 Å². The molecule has 5 fully saturated rings. The van der Waals surface area contributed by atoms with Gasteiger partial charge < -0.3 is 9.05 Å². The number of hydrogen-bond acceptors (Lipinski definition) is 3. The van der Waals surface area contributed by atoms with Crippen molar-refractivity contribution >= 4 is 8.53 Å².